The van der Waals surface area contributed by atoms with Crippen LogP contribution in [0, 0.1) is 20.8 Å². The van der Waals surface area contributed by atoms with E-state index in [0.29, 0.717) is 21.4 Å². The van der Waals surface area contributed by atoms with E-state index in [2.05, 4.69) is 0 Å². The highest BCUT2D eigenvalue weighted by Crippen LogP contribution is 2.28. The van der Waals surface area contributed by atoms with Gasteiger partial charge in [-0.15, -0.1) is 0 Å². The zero-order valence-corrected chi connectivity index (χ0v) is 16.5. The minimum absolute atomic E-state index is 0.0709. The van der Waals surface area contributed by atoms with Crippen LogP contribution in [0.4, 0.5) is 0 Å². The number of aromatic nitrogens is 1. The lowest BCUT2D eigenvalue weighted by Gasteiger charge is -2.11. The number of carbonyl (C=O) groups excluding carboxylic acids is 2. The molecule has 0 aliphatic heterocycles. The van der Waals surface area contributed by atoms with Gasteiger partial charge >= 0.3 is 5.97 Å². The van der Waals surface area contributed by atoms with Gasteiger partial charge in [-0.2, -0.15) is 0 Å². The highest BCUT2D eigenvalue weighted by Gasteiger charge is 2.20. The molecule has 7 heteroatoms. The first-order valence-electron chi connectivity index (χ1n) is 8.19. The molecule has 0 bridgehead atoms. The Balaban J connectivity index is 1.80. The summed E-state index contributed by atoms with van der Waals surface area (Å²) < 4.78 is 12.2. The number of rotatable bonds is 5. The lowest BCUT2D eigenvalue weighted by atomic mass is 10.1. The zero-order chi connectivity index (χ0) is 19.7. The van der Waals surface area contributed by atoms with Gasteiger partial charge in [0.05, 0.1) is 10.0 Å². The number of Topliss-reactive ketones (excluding diaryl/α,β-unsaturated/α-hetero) is 1. The topological polar surface area (TPSA) is 61.4 Å². The van der Waals surface area contributed by atoms with Gasteiger partial charge in [0.15, 0.2) is 6.61 Å². The minimum Gasteiger partial charge on any atom is -0.454 e. The monoisotopic (exact) mass is 405 g/mol. The summed E-state index contributed by atoms with van der Waals surface area (Å²) in [7, 11) is 0. The number of esters is 1. The van der Waals surface area contributed by atoms with Crippen LogP contribution in [0.25, 0.3) is 5.69 Å². The number of benzene rings is 1. The van der Waals surface area contributed by atoms with E-state index in [0.717, 1.165) is 17.1 Å². The van der Waals surface area contributed by atoms with Crippen LogP contribution in [0.2, 0.25) is 10.0 Å². The molecule has 0 saturated carbocycles. The smallest absolute Gasteiger partial charge is 0.374 e. The van der Waals surface area contributed by atoms with Crippen LogP contribution in [-0.2, 0) is 4.74 Å². The van der Waals surface area contributed by atoms with E-state index >= 15 is 0 Å². The molecule has 0 atom stereocenters. The Bertz CT molecular complexity index is 1030. The van der Waals surface area contributed by atoms with Crippen molar-refractivity contribution in [2.75, 3.05) is 6.61 Å². The fraction of sp³-hybridized carbons (Fsp3) is 0.200. The molecular formula is C20H17Cl2NO4. The highest BCUT2D eigenvalue weighted by molar-refractivity contribution is 6.42. The Morgan fingerprint density at radius 1 is 1.04 bits per heavy atom. The first kappa shape index (κ1) is 19.3. The van der Waals surface area contributed by atoms with Gasteiger partial charge in [-0.1, -0.05) is 23.2 Å². The number of nitrogens with zero attached hydrogens (tertiary/aromatic N) is 1. The van der Waals surface area contributed by atoms with Gasteiger partial charge in [-0.25, -0.2) is 4.79 Å². The number of ether oxygens (including phenoxy) is 1. The van der Waals surface area contributed by atoms with Crippen LogP contribution in [0.15, 0.2) is 40.8 Å². The zero-order valence-electron chi connectivity index (χ0n) is 15.0. The third-order valence-electron chi connectivity index (χ3n) is 4.17. The second-order valence-corrected chi connectivity index (χ2v) is 6.94. The van der Waals surface area contributed by atoms with Crippen LogP contribution < -0.4 is 0 Å². The van der Waals surface area contributed by atoms with E-state index in [1.54, 1.807) is 31.2 Å². The van der Waals surface area contributed by atoms with E-state index in [1.165, 1.54) is 6.07 Å². The summed E-state index contributed by atoms with van der Waals surface area (Å²) in [5, 5.41) is 0.886. The van der Waals surface area contributed by atoms with Gasteiger partial charge in [0.2, 0.25) is 11.5 Å². The van der Waals surface area contributed by atoms with Crippen molar-refractivity contribution in [3.63, 3.8) is 0 Å². The third-order valence-corrected chi connectivity index (χ3v) is 4.91. The highest BCUT2D eigenvalue weighted by atomic mass is 35.5. The van der Waals surface area contributed by atoms with Crippen molar-refractivity contribution in [3.8, 4) is 5.69 Å². The van der Waals surface area contributed by atoms with Crippen molar-refractivity contribution in [1.82, 2.24) is 4.57 Å². The quantitative estimate of drug-likeness (QED) is 0.424. The Labute approximate surface area is 166 Å². The van der Waals surface area contributed by atoms with Gasteiger partial charge < -0.3 is 13.7 Å². The molecule has 1 aromatic carbocycles. The van der Waals surface area contributed by atoms with Crippen molar-refractivity contribution in [3.05, 3.63) is 74.9 Å². The number of carbonyl (C=O) groups is 2. The molecule has 3 aromatic rings. The molecule has 0 aliphatic carbocycles. The summed E-state index contributed by atoms with van der Waals surface area (Å²) >= 11 is 12.1. The van der Waals surface area contributed by atoms with Gasteiger partial charge in [0, 0.05) is 22.6 Å². The SMILES string of the molecule is Cc1ccc(C(=O)OCC(=O)c2cc(C)n(-c3ccc(Cl)c(Cl)c3)c2C)o1. The van der Waals surface area contributed by atoms with Crippen molar-refractivity contribution in [2.24, 2.45) is 0 Å². The number of aryl methyl sites for hydroxylation is 2. The summed E-state index contributed by atoms with van der Waals surface area (Å²) in [5.41, 5.74) is 2.84. The molecule has 3 rings (SSSR count). The summed E-state index contributed by atoms with van der Waals surface area (Å²) in [6.45, 7) is 5.05. The number of furan rings is 1. The molecule has 140 valence electrons. The van der Waals surface area contributed by atoms with Crippen LogP contribution >= 0.6 is 23.2 Å². The number of ketones is 1. The van der Waals surface area contributed by atoms with Gasteiger partial charge in [0.25, 0.3) is 0 Å². The maximum Gasteiger partial charge on any atom is 0.374 e. The van der Waals surface area contributed by atoms with Crippen LogP contribution in [0.5, 0.6) is 0 Å². The van der Waals surface area contributed by atoms with Gasteiger partial charge in [-0.05, 0) is 57.2 Å². The lowest BCUT2D eigenvalue weighted by Crippen LogP contribution is -2.14. The Kier molecular flexibility index (Phi) is 5.44. The molecule has 0 spiro atoms. The van der Waals surface area contributed by atoms with Crippen molar-refractivity contribution in [2.45, 2.75) is 20.8 Å². The largest absolute Gasteiger partial charge is 0.454 e. The van der Waals surface area contributed by atoms with E-state index in [-0.39, 0.29) is 18.2 Å². The summed E-state index contributed by atoms with van der Waals surface area (Å²) in [5.74, 6) is -0.305. The average Bonchev–Trinajstić information content (AvgIpc) is 3.18. The summed E-state index contributed by atoms with van der Waals surface area (Å²) in [6.07, 6.45) is 0. The molecular weight excluding hydrogens is 389 g/mol. The Hall–Kier alpha value is -2.50. The Morgan fingerprint density at radius 3 is 2.41 bits per heavy atom. The van der Waals surface area contributed by atoms with Crippen molar-refractivity contribution >= 4 is 35.0 Å². The molecule has 2 aromatic heterocycles. The fourth-order valence-electron chi connectivity index (χ4n) is 2.89. The molecule has 0 saturated heterocycles. The molecule has 0 N–H and O–H groups in total. The molecule has 2 heterocycles. The normalized spacial score (nSPS) is 10.9. The fourth-order valence-corrected chi connectivity index (χ4v) is 3.18. The first-order valence-corrected chi connectivity index (χ1v) is 8.94. The lowest BCUT2D eigenvalue weighted by molar-refractivity contribution is 0.0442. The minimum atomic E-state index is -0.672. The predicted molar refractivity (Wildman–Crippen MR) is 103 cm³/mol. The van der Waals surface area contributed by atoms with Crippen LogP contribution in [-0.4, -0.2) is 22.9 Å². The molecule has 0 radical (unpaired) electrons. The Morgan fingerprint density at radius 2 is 1.78 bits per heavy atom. The van der Waals surface area contributed by atoms with E-state index in [4.69, 9.17) is 32.4 Å². The van der Waals surface area contributed by atoms with E-state index < -0.39 is 5.97 Å². The summed E-state index contributed by atoms with van der Waals surface area (Å²) in [6, 6.07) is 10.2. The van der Waals surface area contributed by atoms with Crippen molar-refractivity contribution in [1.29, 1.82) is 0 Å². The predicted octanol–water partition coefficient (Wildman–Crippen LogP) is 5.34. The number of hydrogen-bond acceptors (Lipinski definition) is 4. The second-order valence-electron chi connectivity index (χ2n) is 6.13. The van der Waals surface area contributed by atoms with Crippen LogP contribution in [0.1, 0.15) is 38.1 Å². The number of hydrogen-bond donors (Lipinski definition) is 0. The first-order chi connectivity index (χ1) is 12.8. The second kappa shape index (κ2) is 7.62. The van der Waals surface area contributed by atoms with Crippen molar-refractivity contribution < 1.29 is 18.7 Å². The maximum absolute atomic E-state index is 12.6. The molecule has 27 heavy (non-hydrogen) atoms. The standard InChI is InChI=1S/C20H17Cl2NO4/c1-11-8-15(13(3)23(11)14-5-6-16(21)17(22)9-14)18(24)10-26-20(25)19-7-4-12(2)27-19/h4-9H,10H2,1-3H3. The molecule has 0 aliphatic rings. The molecule has 0 unspecified atom stereocenters. The van der Waals surface area contributed by atoms with Gasteiger partial charge in [-0.3, -0.25) is 4.79 Å². The third kappa shape index (κ3) is 3.94. The number of halogens is 2. The van der Waals surface area contributed by atoms with E-state index in [1.807, 2.05) is 24.5 Å². The summed E-state index contributed by atoms with van der Waals surface area (Å²) in [4.78, 5) is 24.5. The van der Waals surface area contributed by atoms with Crippen LogP contribution in [0.3, 0.4) is 0 Å². The molecule has 0 amide bonds. The maximum atomic E-state index is 12.6. The van der Waals surface area contributed by atoms with E-state index in [9.17, 15) is 9.59 Å². The molecule has 5 nitrogen and oxygen atoms in total. The molecule has 0 fully saturated rings. The van der Waals surface area contributed by atoms with Gasteiger partial charge in [0.1, 0.15) is 5.76 Å². The average molecular weight is 406 g/mol.